The van der Waals surface area contributed by atoms with Gasteiger partial charge in [-0.1, -0.05) is 20.8 Å². The number of nitrogens with one attached hydrogen (secondary N) is 1. The maximum Gasteiger partial charge on any atom is 0.0591 e. The summed E-state index contributed by atoms with van der Waals surface area (Å²) in [5.41, 5.74) is 0.334. The Labute approximate surface area is 82.0 Å². The van der Waals surface area contributed by atoms with Gasteiger partial charge in [0.1, 0.15) is 0 Å². The molecule has 0 aromatic rings. The van der Waals surface area contributed by atoms with Crippen molar-refractivity contribution in [3.8, 4) is 0 Å². The molecule has 2 nitrogen and oxygen atoms in total. The lowest BCUT2D eigenvalue weighted by Gasteiger charge is -2.32. The number of hydrogen-bond donors (Lipinski definition) is 1. The molecule has 78 valence electrons. The molecule has 1 rings (SSSR count). The fraction of sp³-hybridized carbons (Fsp3) is 1.00. The molecule has 0 aromatic carbocycles. The van der Waals surface area contributed by atoms with Crippen molar-refractivity contribution in [2.24, 2.45) is 5.41 Å². The lowest BCUT2D eigenvalue weighted by molar-refractivity contribution is 0.0796. The minimum atomic E-state index is 0.334. The van der Waals surface area contributed by atoms with Gasteiger partial charge in [-0.2, -0.15) is 0 Å². The monoisotopic (exact) mass is 185 g/mol. The van der Waals surface area contributed by atoms with E-state index < -0.39 is 0 Å². The quantitative estimate of drug-likeness (QED) is 0.727. The Morgan fingerprint density at radius 3 is 2.54 bits per heavy atom. The van der Waals surface area contributed by atoms with Gasteiger partial charge in [0.25, 0.3) is 0 Å². The van der Waals surface area contributed by atoms with E-state index in [4.69, 9.17) is 4.74 Å². The van der Waals surface area contributed by atoms with Gasteiger partial charge in [0, 0.05) is 12.6 Å². The molecule has 13 heavy (non-hydrogen) atoms. The van der Waals surface area contributed by atoms with Gasteiger partial charge in [-0.25, -0.2) is 0 Å². The smallest absolute Gasteiger partial charge is 0.0591 e. The summed E-state index contributed by atoms with van der Waals surface area (Å²) in [6.07, 6.45) is 4.14. The highest BCUT2D eigenvalue weighted by Crippen LogP contribution is 2.26. The first-order chi connectivity index (χ1) is 6.04. The highest BCUT2D eigenvalue weighted by atomic mass is 16.5. The van der Waals surface area contributed by atoms with Crippen LogP contribution in [-0.2, 0) is 4.74 Å². The Hall–Kier alpha value is -0.0800. The number of hydrogen-bond acceptors (Lipinski definition) is 2. The van der Waals surface area contributed by atoms with E-state index in [0.717, 1.165) is 13.0 Å². The standard InChI is InChI=1S/C11H23NO/c1-11(2,3)10(12-4)8-9-6-5-7-13-9/h9-10,12H,5-8H2,1-4H3. The lowest BCUT2D eigenvalue weighted by Crippen LogP contribution is -2.40. The van der Waals surface area contributed by atoms with Gasteiger partial charge in [-0.15, -0.1) is 0 Å². The minimum absolute atomic E-state index is 0.334. The van der Waals surface area contributed by atoms with Crippen LogP contribution in [0.4, 0.5) is 0 Å². The van der Waals surface area contributed by atoms with E-state index >= 15 is 0 Å². The van der Waals surface area contributed by atoms with Crippen LogP contribution in [0.25, 0.3) is 0 Å². The van der Waals surface area contributed by atoms with Crippen molar-refractivity contribution in [3.63, 3.8) is 0 Å². The van der Waals surface area contributed by atoms with Gasteiger partial charge in [-0.3, -0.25) is 0 Å². The van der Waals surface area contributed by atoms with Crippen LogP contribution in [-0.4, -0.2) is 25.8 Å². The van der Waals surface area contributed by atoms with E-state index in [1.165, 1.54) is 12.8 Å². The largest absolute Gasteiger partial charge is 0.378 e. The van der Waals surface area contributed by atoms with Crippen LogP contribution in [0.5, 0.6) is 0 Å². The first kappa shape index (κ1) is 11.0. The predicted octanol–water partition coefficient (Wildman–Crippen LogP) is 2.19. The molecule has 0 amide bonds. The second-order valence-electron chi connectivity index (χ2n) is 5.08. The Balaban J connectivity index is 2.39. The van der Waals surface area contributed by atoms with Crippen molar-refractivity contribution in [2.45, 2.75) is 52.2 Å². The maximum atomic E-state index is 5.64. The molecular weight excluding hydrogens is 162 g/mol. The Bertz CT molecular complexity index is 145. The molecule has 0 aromatic heterocycles. The molecule has 0 bridgehead atoms. The van der Waals surface area contributed by atoms with Crippen LogP contribution >= 0.6 is 0 Å². The summed E-state index contributed by atoms with van der Waals surface area (Å²) < 4.78 is 5.64. The van der Waals surface area contributed by atoms with E-state index in [2.05, 4.69) is 26.1 Å². The topological polar surface area (TPSA) is 21.3 Å². The molecular formula is C11H23NO. The number of rotatable bonds is 3. The Morgan fingerprint density at radius 2 is 2.15 bits per heavy atom. The summed E-state index contributed by atoms with van der Waals surface area (Å²) in [5, 5.41) is 3.39. The molecule has 1 aliphatic heterocycles. The van der Waals surface area contributed by atoms with Gasteiger partial charge in [0.05, 0.1) is 6.10 Å². The molecule has 1 N–H and O–H groups in total. The maximum absolute atomic E-state index is 5.64. The molecule has 1 heterocycles. The van der Waals surface area contributed by atoms with Crippen molar-refractivity contribution in [1.82, 2.24) is 5.32 Å². The van der Waals surface area contributed by atoms with Crippen molar-refractivity contribution < 1.29 is 4.74 Å². The van der Waals surface area contributed by atoms with Crippen molar-refractivity contribution in [3.05, 3.63) is 0 Å². The van der Waals surface area contributed by atoms with Crippen LogP contribution < -0.4 is 5.32 Å². The highest BCUT2D eigenvalue weighted by Gasteiger charge is 2.27. The zero-order chi connectivity index (χ0) is 9.90. The van der Waals surface area contributed by atoms with Gasteiger partial charge in [-0.05, 0) is 31.7 Å². The minimum Gasteiger partial charge on any atom is -0.378 e. The summed E-state index contributed by atoms with van der Waals surface area (Å²) in [7, 11) is 2.05. The van der Waals surface area contributed by atoms with Crippen LogP contribution in [0.1, 0.15) is 40.0 Å². The SMILES string of the molecule is CNC(CC1CCCO1)C(C)(C)C. The van der Waals surface area contributed by atoms with Gasteiger partial charge >= 0.3 is 0 Å². The zero-order valence-electron chi connectivity index (χ0n) is 9.39. The summed E-state index contributed by atoms with van der Waals surface area (Å²) in [6, 6.07) is 0.565. The molecule has 0 saturated carbocycles. The zero-order valence-corrected chi connectivity index (χ0v) is 9.39. The second-order valence-corrected chi connectivity index (χ2v) is 5.08. The average Bonchev–Trinajstić information content (AvgIpc) is 2.49. The normalized spacial score (nSPS) is 26.3. The van der Waals surface area contributed by atoms with E-state index in [-0.39, 0.29) is 0 Å². The third-order valence-electron chi connectivity index (χ3n) is 2.92. The highest BCUT2D eigenvalue weighted by molar-refractivity contribution is 4.83. The summed E-state index contributed by atoms with van der Waals surface area (Å²) in [5.74, 6) is 0. The first-order valence-electron chi connectivity index (χ1n) is 5.33. The molecule has 1 aliphatic rings. The van der Waals surface area contributed by atoms with Crippen molar-refractivity contribution >= 4 is 0 Å². The van der Waals surface area contributed by atoms with Crippen LogP contribution in [0.15, 0.2) is 0 Å². The van der Waals surface area contributed by atoms with Gasteiger partial charge in [0.15, 0.2) is 0 Å². The average molecular weight is 185 g/mol. The van der Waals surface area contributed by atoms with E-state index in [1.807, 2.05) is 7.05 Å². The number of ether oxygens (including phenoxy) is 1. The molecule has 2 heteroatoms. The van der Waals surface area contributed by atoms with E-state index in [9.17, 15) is 0 Å². The van der Waals surface area contributed by atoms with Gasteiger partial charge in [0.2, 0.25) is 0 Å². The molecule has 0 radical (unpaired) electrons. The fourth-order valence-electron chi connectivity index (χ4n) is 2.00. The predicted molar refractivity (Wildman–Crippen MR) is 55.9 cm³/mol. The molecule has 0 spiro atoms. The molecule has 1 fully saturated rings. The third kappa shape index (κ3) is 3.28. The van der Waals surface area contributed by atoms with Crippen molar-refractivity contribution in [1.29, 1.82) is 0 Å². The Morgan fingerprint density at radius 1 is 1.46 bits per heavy atom. The first-order valence-corrected chi connectivity index (χ1v) is 5.33. The van der Waals surface area contributed by atoms with Crippen molar-refractivity contribution in [2.75, 3.05) is 13.7 Å². The third-order valence-corrected chi connectivity index (χ3v) is 2.92. The van der Waals surface area contributed by atoms with E-state index in [0.29, 0.717) is 17.6 Å². The Kier molecular flexibility index (Phi) is 3.74. The van der Waals surface area contributed by atoms with Crippen LogP contribution in [0.3, 0.4) is 0 Å². The lowest BCUT2D eigenvalue weighted by atomic mass is 9.83. The molecule has 2 unspecified atom stereocenters. The fourth-order valence-corrected chi connectivity index (χ4v) is 2.00. The van der Waals surface area contributed by atoms with Gasteiger partial charge < -0.3 is 10.1 Å². The molecule has 0 aliphatic carbocycles. The summed E-state index contributed by atoms with van der Waals surface area (Å²) >= 11 is 0. The van der Waals surface area contributed by atoms with Crippen LogP contribution in [0.2, 0.25) is 0 Å². The summed E-state index contributed by atoms with van der Waals surface area (Å²) in [6.45, 7) is 7.81. The molecule has 1 saturated heterocycles. The van der Waals surface area contributed by atoms with Crippen LogP contribution in [0, 0.1) is 5.41 Å². The second kappa shape index (κ2) is 4.43. The summed E-state index contributed by atoms with van der Waals surface area (Å²) in [4.78, 5) is 0. The molecule has 2 atom stereocenters. The van der Waals surface area contributed by atoms with E-state index in [1.54, 1.807) is 0 Å².